The fourth-order valence-electron chi connectivity index (χ4n) is 15.5. The minimum Gasteiger partial charge on any atom is -0.508 e. The summed E-state index contributed by atoms with van der Waals surface area (Å²) < 4.78 is 64.3. The Hall–Kier alpha value is -13.2. The number of primary amides is 1. The van der Waals surface area contributed by atoms with Crippen LogP contribution in [0.1, 0.15) is 133 Å². The van der Waals surface area contributed by atoms with E-state index in [1.165, 1.54) is 46.1 Å². The summed E-state index contributed by atoms with van der Waals surface area (Å²) in [6.07, 6.45) is 1.95. The van der Waals surface area contributed by atoms with Crippen molar-refractivity contribution in [2.24, 2.45) is 28.6 Å². The fraction of sp³-hybridized carbons (Fsp3) is 0.471. The first-order valence-electron chi connectivity index (χ1n) is 48.1. The van der Waals surface area contributed by atoms with Crippen molar-refractivity contribution in [1.29, 1.82) is 0 Å². The Balaban J connectivity index is 0.592. The molecule has 144 heavy (non-hydrogen) atoms. The van der Waals surface area contributed by atoms with Crippen LogP contribution in [-0.4, -0.2) is 303 Å². The lowest BCUT2D eigenvalue weighted by Gasteiger charge is -2.33. The van der Waals surface area contributed by atoms with Gasteiger partial charge in [0.1, 0.15) is 41.5 Å². The highest BCUT2D eigenvalue weighted by Crippen LogP contribution is 2.48. The number of phenols is 1. The van der Waals surface area contributed by atoms with Gasteiger partial charge in [-0.1, -0.05) is 107 Å². The summed E-state index contributed by atoms with van der Waals surface area (Å²) in [5.41, 5.74) is 20.1. The number of hydrogen-bond donors (Lipinski definition) is 12. The molecule has 41 nitrogen and oxygen atoms in total. The van der Waals surface area contributed by atoms with Gasteiger partial charge >= 0.3 is 18.2 Å². The SMILES string of the molecule is Cc1cccc2c(OC(=O)N(CCOCCO)CCN(C)C(=O)OCc3ccc(NC(=O)[C@H](CCCNC(N)=O)NC(=O)[C@@H](NC(=O)CCOCCOCCOCCOCCNC(=O)CCC(=O)N4Cc5ccccc5/C(N)=C(/N(N)CCOCCOCCOCCOCCC(=O)NCC(C)(C)C)c5ccccc54)C(C)C)cc3)cc3c(c12)[C@H](CCl)CN3C(=O)c1cn2cc(NC(=O)c3ccc(O)cc3)ccc2n1. The fourth-order valence-corrected chi connectivity index (χ4v) is 15.8. The number of carbonyl (C=O) groups is 11. The summed E-state index contributed by atoms with van der Waals surface area (Å²) in [5.74, 6) is 3.10. The number of aliphatic hydroxyl groups excluding tert-OH is 1. The number of rotatable bonds is 60. The van der Waals surface area contributed by atoms with Gasteiger partial charge in [-0.2, -0.15) is 0 Å². The summed E-state index contributed by atoms with van der Waals surface area (Å²) in [5, 5.41) is 41.4. The summed E-state index contributed by atoms with van der Waals surface area (Å²) in [7, 11) is 1.49. The van der Waals surface area contributed by atoms with E-state index in [-0.39, 0.29) is 222 Å². The number of likely N-dealkylation sites (N-methyl/N-ethyl adjacent to an activating group) is 1. The van der Waals surface area contributed by atoms with E-state index in [4.69, 9.17) is 81.0 Å². The number of anilines is 4. The van der Waals surface area contributed by atoms with Crippen molar-refractivity contribution in [3.05, 3.63) is 190 Å². The number of benzene rings is 6. The topological polar surface area (TPSA) is 526 Å². The van der Waals surface area contributed by atoms with Gasteiger partial charge in [-0.3, -0.25) is 38.4 Å². The van der Waals surface area contributed by atoms with E-state index in [9.17, 15) is 63.0 Å². The minimum absolute atomic E-state index is 0.00378. The van der Waals surface area contributed by atoms with Gasteiger partial charge in [-0.05, 0) is 113 Å². The first-order chi connectivity index (χ1) is 69.4. The molecule has 0 radical (unpaired) electrons. The number of aromatic hydroxyl groups is 1. The molecule has 42 heteroatoms. The van der Waals surface area contributed by atoms with Crippen molar-refractivity contribution in [2.75, 3.05) is 211 Å². The summed E-state index contributed by atoms with van der Waals surface area (Å²) in [6.45, 7) is 16.8. The second-order valence-electron chi connectivity index (χ2n) is 35.7. The number of carbonyl (C=O) groups excluding carboxylic acids is 11. The molecule has 0 saturated carbocycles. The highest BCUT2D eigenvalue weighted by atomic mass is 35.5. The minimum atomic E-state index is -1.15. The maximum atomic E-state index is 14.7. The zero-order valence-electron chi connectivity index (χ0n) is 82.7. The van der Waals surface area contributed by atoms with Crippen LogP contribution in [0.2, 0.25) is 0 Å². The zero-order valence-corrected chi connectivity index (χ0v) is 83.5. The van der Waals surface area contributed by atoms with Gasteiger partial charge in [0.2, 0.25) is 35.4 Å². The van der Waals surface area contributed by atoms with Gasteiger partial charge in [0.15, 0.2) is 0 Å². The molecule has 2 aromatic heterocycles. The molecule has 0 bridgehead atoms. The highest BCUT2D eigenvalue weighted by Gasteiger charge is 2.39. The van der Waals surface area contributed by atoms with Crippen molar-refractivity contribution >= 4 is 128 Å². The molecule has 4 heterocycles. The number of imidazole rings is 1. The Kier molecular flexibility index (Phi) is 45.9. The molecule has 8 aromatic rings. The number of hydrazine groups is 1. The van der Waals surface area contributed by atoms with Crippen molar-refractivity contribution in [3.8, 4) is 11.5 Å². The summed E-state index contributed by atoms with van der Waals surface area (Å²) >= 11 is 6.68. The molecule has 2 aliphatic heterocycles. The van der Waals surface area contributed by atoms with E-state index < -0.39 is 65.8 Å². The third-order valence-electron chi connectivity index (χ3n) is 23.1. The van der Waals surface area contributed by atoms with Crippen LogP contribution in [0.3, 0.4) is 0 Å². The number of para-hydroxylation sites is 1. The van der Waals surface area contributed by atoms with E-state index in [0.29, 0.717) is 127 Å². The number of aryl methyl sites for hydroxylation is 1. The molecule has 780 valence electrons. The average molecular weight is 2020 g/mol. The second-order valence-corrected chi connectivity index (χ2v) is 36.0. The van der Waals surface area contributed by atoms with Crippen LogP contribution in [0.25, 0.3) is 27.8 Å². The predicted molar refractivity (Wildman–Crippen MR) is 540 cm³/mol. The van der Waals surface area contributed by atoms with E-state index >= 15 is 0 Å². The number of aliphatic hydroxyl groups is 1. The second kappa shape index (κ2) is 58.6. The van der Waals surface area contributed by atoms with Crippen LogP contribution in [0.15, 0.2) is 146 Å². The highest BCUT2D eigenvalue weighted by molar-refractivity contribution is 6.19. The molecule has 0 aliphatic carbocycles. The number of urea groups is 1. The van der Waals surface area contributed by atoms with Crippen LogP contribution < -0.4 is 69.1 Å². The first-order valence-corrected chi connectivity index (χ1v) is 48.7. The van der Waals surface area contributed by atoms with Crippen LogP contribution in [-0.2, 0) is 89.3 Å². The lowest BCUT2D eigenvalue weighted by Crippen LogP contribution is -2.54. The molecular formula is C102H136ClN17O24. The molecule has 0 unspecified atom stereocenters. The third kappa shape index (κ3) is 35.7. The molecule has 12 amide bonds. The first kappa shape index (κ1) is 113. The predicted octanol–water partition coefficient (Wildman–Crippen LogP) is 8.31. The van der Waals surface area contributed by atoms with E-state index in [1.54, 1.807) is 82.9 Å². The van der Waals surface area contributed by atoms with Gasteiger partial charge in [0, 0.05) is 137 Å². The Labute approximate surface area is 842 Å². The average Bonchev–Trinajstić information content (AvgIpc) is 1.58. The van der Waals surface area contributed by atoms with Gasteiger partial charge < -0.3 is 140 Å². The van der Waals surface area contributed by atoms with E-state index in [1.807, 2.05) is 73.7 Å². The number of phenolic OH excluding ortho intramolecular Hbond substituents is 1. The molecule has 2 aliphatic rings. The van der Waals surface area contributed by atoms with Gasteiger partial charge in [-0.25, -0.2) is 25.2 Å². The van der Waals surface area contributed by atoms with Crippen LogP contribution in [0, 0.1) is 18.3 Å². The molecule has 3 atom stereocenters. The number of halogens is 1. The molecular weight excluding hydrogens is 1880 g/mol. The molecule has 6 aromatic carbocycles. The maximum Gasteiger partial charge on any atom is 0.415 e. The number of aromatic nitrogens is 2. The largest absolute Gasteiger partial charge is 0.508 e. The van der Waals surface area contributed by atoms with E-state index in [2.05, 4.69) is 63.0 Å². The number of amides is 12. The van der Waals surface area contributed by atoms with Crippen molar-refractivity contribution in [2.45, 2.75) is 111 Å². The molecule has 0 saturated heterocycles. The molecule has 10 rings (SSSR count). The Morgan fingerprint density at radius 1 is 0.590 bits per heavy atom. The van der Waals surface area contributed by atoms with Crippen molar-refractivity contribution in [1.82, 2.24) is 50.8 Å². The van der Waals surface area contributed by atoms with E-state index in [0.717, 1.165) is 22.1 Å². The normalized spacial score (nSPS) is 13.7. The monoisotopic (exact) mass is 2020 g/mol. The van der Waals surface area contributed by atoms with Gasteiger partial charge in [0.25, 0.3) is 11.8 Å². The number of nitrogens with one attached hydrogen (secondary N) is 7. The number of hydrogen-bond acceptors (Lipinski definition) is 28. The Morgan fingerprint density at radius 2 is 1.20 bits per heavy atom. The number of alkyl halides is 1. The Bertz CT molecular complexity index is 5610. The standard InChI is InChI=1S/C102H136ClN17O24/c1-68(2)93(114-88(125)34-43-135-49-53-140-56-58-141-54-50-136-44-36-107-86(123)31-32-89(126)118-62-72-15-8-9-16-77(72)92(104)94(78-17-10-11-20-82(78)118)120(106)40-46-138-51-55-142-59-57-139-52-48-134-42-33-87(124)109-67-102(4,5)6)97(129)113-80(19-13-35-108-99(105)131)96(128)110-74-25-21-70(22-26-74)66-143-100(132)115(7)37-38-116(39-45-137-47-41-121)101(133)144-84-60-83-91(90-69(3)14-12-18-79(84)90)73(61-103)63-119(83)98(130)81-65-117-64-75(27-30-85(117)112-81)111-95(127)71-23-28-76(122)29-24-71/h8-12,14-18,20-30,60,64-65,68,73,80,93,121-122H,13,19,31-59,61-63,66-67,104,106H2,1-7H3,(H,107,123)(H,109,124)(H,110,128)(H,111,127)(H,113,129)(H,114,125)(H3,105,108,131)/b94-92-/t73-,80+,93+/m1/s1. The summed E-state index contributed by atoms with van der Waals surface area (Å²) in [4.78, 5) is 158. The zero-order chi connectivity index (χ0) is 103. The number of nitrogens with zero attached hydrogens (tertiary/aromatic N) is 7. The lowest BCUT2D eigenvalue weighted by molar-refractivity contribution is -0.132. The Morgan fingerprint density at radius 3 is 1.85 bits per heavy atom. The maximum absolute atomic E-state index is 14.7. The third-order valence-corrected chi connectivity index (χ3v) is 23.5. The number of fused-ring (bicyclic) bond motifs is 6. The smallest absolute Gasteiger partial charge is 0.415 e. The number of nitrogens with two attached hydrogens (primary N) is 3. The van der Waals surface area contributed by atoms with Crippen molar-refractivity contribution in [3.63, 3.8) is 0 Å². The van der Waals surface area contributed by atoms with Crippen LogP contribution in [0.5, 0.6) is 11.5 Å². The van der Waals surface area contributed by atoms with Gasteiger partial charge in [-0.15, -0.1) is 11.6 Å². The number of ether oxygens (including phenoxy) is 11. The summed E-state index contributed by atoms with van der Waals surface area (Å²) in [6, 6.07) is 34.6. The number of pyridine rings is 1. The van der Waals surface area contributed by atoms with Crippen LogP contribution in [0.4, 0.5) is 37.1 Å². The lowest BCUT2D eigenvalue weighted by atomic mass is 9.92. The van der Waals surface area contributed by atoms with Gasteiger partial charge in [0.05, 0.1) is 167 Å². The molecule has 15 N–H and O–H groups in total. The van der Waals surface area contributed by atoms with Crippen molar-refractivity contribution < 1.29 is 115 Å². The quantitative estimate of drug-likeness (QED) is 0.00737. The molecule has 0 fully saturated rings. The molecule has 0 spiro atoms. The van der Waals surface area contributed by atoms with Crippen LogP contribution >= 0.6 is 11.6 Å².